The molecular weight excluding hydrogens is 367 g/mol. The van der Waals surface area contributed by atoms with E-state index in [9.17, 15) is 0 Å². The summed E-state index contributed by atoms with van der Waals surface area (Å²) in [5.74, 6) is 0. The first-order valence-electron chi connectivity index (χ1n) is 11.1. The van der Waals surface area contributed by atoms with Crippen LogP contribution in [0.4, 0.5) is 0 Å². The molecule has 0 saturated carbocycles. The minimum atomic E-state index is -0.855. The van der Waals surface area contributed by atoms with Crippen molar-refractivity contribution in [1.29, 1.82) is 0 Å². The molecule has 25 heavy (non-hydrogen) atoms. The van der Waals surface area contributed by atoms with Crippen molar-refractivity contribution >= 4 is 14.3 Å². The average Bonchev–Trinajstić information content (AvgIpc) is 2.65. The third-order valence-corrected chi connectivity index (χ3v) is 12.4. The SMILES string of the molecule is CCN(CC)CC[CH2][Ge]([CH2]CCN(CC)CC)[CH2]CCN(CC)CC. The molecule has 0 aromatic rings. The van der Waals surface area contributed by atoms with Gasteiger partial charge in [0, 0.05) is 0 Å². The summed E-state index contributed by atoms with van der Waals surface area (Å²) in [4.78, 5) is 7.80. The van der Waals surface area contributed by atoms with Crippen LogP contribution in [0.15, 0.2) is 0 Å². The second-order valence-electron chi connectivity index (χ2n) is 7.14. The first-order valence-corrected chi connectivity index (χ1v) is 15.6. The van der Waals surface area contributed by atoms with Crippen LogP contribution in [0.1, 0.15) is 60.8 Å². The van der Waals surface area contributed by atoms with Crippen LogP contribution in [-0.4, -0.2) is 88.0 Å². The maximum absolute atomic E-state index is 2.60. The van der Waals surface area contributed by atoms with E-state index in [0.29, 0.717) is 0 Å². The Labute approximate surface area is 164 Å². The van der Waals surface area contributed by atoms with Crippen molar-refractivity contribution in [2.75, 3.05) is 58.9 Å². The van der Waals surface area contributed by atoms with E-state index >= 15 is 0 Å². The van der Waals surface area contributed by atoms with E-state index in [4.69, 9.17) is 0 Å². The van der Waals surface area contributed by atoms with E-state index < -0.39 is 14.3 Å². The summed E-state index contributed by atoms with van der Waals surface area (Å²) < 4.78 is 0. The third-order valence-electron chi connectivity index (χ3n) is 5.70. The molecule has 3 nitrogen and oxygen atoms in total. The number of hydrogen-bond donors (Lipinski definition) is 0. The van der Waals surface area contributed by atoms with Gasteiger partial charge in [-0.1, -0.05) is 0 Å². The van der Waals surface area contributed by atoms with Crippen molar-refractivity contribution in [1.82, 2.24) is 14.7 Å². The van der Waals surface area contributed by atoms with Crippen LogP contribution in [0.2, 0.25) is 15.8 Å². The average molecular weight is 415 g/mol. The Morgan fingerprint density at radius 1 is 0.440 bits per heavy atom. The number of nitrogens with zero attached hydrogens (tertiary/aromatic N) is 3. The Morgan fingerprint density at radius 3 is 0.880 bits per heavy atom. The summed E-state index contributed by atoms with van der Waals surface area (Å²) in [5.41, 5.74) is 0. The standard InChI is InChI=1S/C21H48GeN3/c1-7-23(8-2)19-13-16-22(17-14-20-24(9-3)10-4)18-15-21-25(11-5)12-6/h7-21H2,1-6H3. The molecule has 0 aliphatic carbocycles. The minimum absolute atomic E-state index is 0.855. The van der Waals surface area contributed by atoms with Gasteiger partial charge in [-0.25, -0.2) is 0 Å². The zero-order valence-electron chi connectivity index (χ0n) is 18.4. The van der Waals surface area contributed by atoms with E-state index in [1.807, 2.05) is 0 Å². The molecule has 151 valence electrons. The van der Waals surface area contributed by atoms with Crippen molar-refractivity contribution in [3.05, 3.63) is 0 Å². The Bertz CT molecular complexity index is 221. The molecule has 0 unspecified atom stereocenters. The molecule has 0 aliphatic rings. The van der Waals surface area contributed by atoms with E-state index in [0.717, 1.165) is 0 Å². The molecule has 0 fully saturated rings. The van der Waals surface area contributed by atoms with E-state index in [1.54, 1.807) is 15.8 Å². The fraction of sp³-hybridized carbons (Fsp3) is 1.00. The third kappa shape index (κ3) is 13.3. The summed E-state index contributed by atoms with van der Waals surface area (Å²) in [6, 6.07) is 0. The predicted molar refractivity (Wildman–Crippen MR) is 117 cm³/mol. The molecule has 0 rings (SSSR count). The molecule has 4 heteroatoms. The van der Waals surface area contributed by atoms with Crippen LogP contribution >= 0.6 is 0 Å². The van der Waals surface area contributed by atoms with E-state index in [1.165, 1.54) is 78.2 Å². The summed E-state index contributed by atoms with van der Waals surface area (Å²) >= 11 is -0.855. The summed E-state index contributed by atoms with van der Waals surface area (Å²) in [6.45, 7) is 25.1. The van der Waals surface area contributed by atoms with Crippen molar-refractivity contribution in [2.24, 2.45) is 0 Å². The summed E-state index contributed by atoms with van der Waals surface area (Å²) in [7, 11) is 0. The second-order valence-corrected chi connectivity index (χ2v) is 13.4. The van der Waals surface area contributed by atoms with Crippen molar-refractivity contribution in [2.45, 2.75) is 76.6 Å². The van der Waals surface area contributed by atoms with Crippen LogP contribution in [0, 0.1) is 0 Å². The molecule has 1 radical (unpaired) electrons. The molecule has 0 bridgehead atoms. The summed E-state index contributed by atoms with van der Waals surface area (Å²) in [6.07, 6.45) is 4.36. The monoisotopic (exact) mass is 416 g/mol. The maximum atomic E-state index is 2.60. The van der Waals surface area contributed by atoms with Gasteiger partial charge >= 0.3 is 165 Å². The van der Waals surface area contributed by atoms with Gasteiger partial charge in [0.05, 0.1) is 0 Å². The Kier molecular flexibility index (Phi) is 18.1. The van der Waals surface area contributed by atoms with Gasteiger partial charge in [-0.15, -0.1) is 0 Å². The van der Waals surface area contributed by atoms with Crippen molar-refractivity contribution in [3.63, 3.8) is 0 Å². The molecule has 0 aliphatic heterocycles. The van der Waals surface area contributed by atoms with Crippen LogP contribution in [0.5, 0.6) is 0 Å². The molecular formula is C21H48GeN3. The summed E-state index contributed by atoms with van der Waals surface area (Å²) in [5, 5.41) is 4.77. The fourth-order valence-corrected chi connectivity index (χ4v) is 9.37. The Balaban J connectivity index is 4.24. The van der Waals surface area contributed by atoms with Crippen molar-refractivity contribution in [3.8, 4) is 0 Å². The molecule has 0 atom stereocenters. The topological polar surface area (TPSA) is 9.72 Å². The van der Waals surface area contributed by atoms with E-state index in [2.05, 4.69) is 56.2 Å². The van der Waals surface area contributed by atoms with Gasteiger partial charge in [0.25, 0.3) is 0 Å². The molecule has 0 aromatic heterocycles. The first kappa shape index (κ1) is 25.4. The van der Waals surface area contributed by atoms with Crippen LogP contribution in [-0.2, 0) is 0 Å². The van der Waals surface area contributed by atoms with Gasteiger partial charge in [0.15, 0.2) is 0 Å². The Hall–Kier alpha value is 0.423. The quantitative estimate of drug-likeness (QED) is 0.301. The van der Waals surface area contributed by atoms with Crippen molar-refractivity contribution < 1.29 is 0 Å². The zero-order valence-corrected chi connectivity index (χ0v) is 20.5. The fourth-order valence-electron chi connectivity index (χ4n) is 3.65. The number of rotatable bonds is 18. The molecule has 0 heterocycles. The van der Waals surface area contributed by atoms with Crippen LogP contribution in [0.25, 0.3) is 0 Å². The predicted octanol–water partition coefficient (Wildman–Crippen LogP) is 4.68. The molecule has 0 amide bonds. The first-order chi connectivity index (χ1) is 12.1. The Morgan fingerprint density at radius 2 is 0.680 bits per heavy atom. The molecule has 0 spiro atoms. The molecule has 0 aromatic carbocycles. The van der Waals surface area contributed by atoms with Crippen LogP contribution in [0.3, 0.4) is 0 Å². The van der Waals surface area contributed by atoms with Gasteiger partial charge < -0.3 is 0 Å². The zero-order chi connectivity index (χ0) is 18.9. The second kappa shape index (κ2) is 17.8. The van der Waals surface area contributed by atoms with E-state index in [-0.39, 0.29) is 0 Å². The van der Waals surface area contributed by atoms with Gasteiger partial charge in [-0.3, -0.25) is 0 Å². The molecule has 0 saturated heterocycles. The molecule has 0 N–H and O–H groups in total. The van der Waals surface area contributed by atoms with Gasteiger partial charge in [0.1, 0.15) is 0 Å². The number of hydrogen-bond acceptors (Lipinski definition) is 3. The van der Waals surface area contributed by atoms with Gasteiger partial charge in [-0.2, -0.15) is 0 Å². The van der Waals surface area contributed by atoms with Crippen LogP contribution < -0.4 is 0 Å². The van der Waals surface area contributed by atoms with Gasteiger partial charge in [0.2, 0.25) is 0 Å². The normalized spacial score (nSPS) is 12.2. The van der Waals surface area contributed by atoms with Gasteiger partial charge in [-0.05, 0) is 0 Å².